The second kappa shape index (κ2) is 6.90. The van der Waals surface area contributed by atoms with E-state index in [2.05, 4.69) is 21.2 Å². The van der Waals surface area contributed by atoms with Crippen LogP contribution in [0.15, 0.2) is 28.7 Å². The van der Waals surface area contributed by atoms with Crippen molar-refractivity contribution >= 4 is 27.5 Å². The lowest BCUT2D eigenvalue weighted by Gasteiger charge is -2.25. The SMILES string of the molecule is CCCC[C@@](O)(CC)C(=O)Nc1ccc(Br)cc1. The summed E-state index contributed by atoms with van der Waals surface area (Å²) in [5, 5.41) is 13.1. The van der Waals surface area contributed by atoms with Gasteiger partial charge in [-0.15, -0.1) is 0 Å². The number of anilines is 1. The van der Waals surface area contributed by atoms with Crippen LogP contribution in [0.5, 0.6) is 0 Å². The number of rotatable bonds is 6. The first-order valence-corrected chi connectivity index (χ1v) is 7.10. The summed E-state index contributed by atoms with van der Waals surface area (Å²) in [4.78, 5) is 12.1. The number of carbonyl (C=O) groups excluding carboxylic acids is 1. The van der Waals surface area contributed by atoms with Crippen LogP contribution < -0.4 is 5.32 Å². The lowest BCUT2D eigenvalue weighted by molar-refractivity contribution is -0.135. The van der Waals surface area contributed by atoms with E-state index in [-0.39, 0.29) is 5.91 Å². The smallest absolute Gasteiger partial charge is 0.256 e. The number of nitrogens with one attached hydrogen (secondary N) is 1. The Morgan fingerprint density at radius 2 is 1.94 bits per heavy atom. The minimum atomic E-state index is -1.26. The zero-order valence-corrected chi connectivity index (χ0v) is 12.5. The van der Waals surface area contributed by atoms with Gasteiger partial charge in [-0.25, -0.2) is 0 Å². The largest absolute Gasteiger partial charge is 0.380 e. The summed E-state index contributed by atoms with van der Waals surface area (Å²) in [6.07, 6.45) is 2.74. The summed E-state index contributed by atoms with van der Waals surface area (Å²) in [7, 11) is 0. The minimum absolute atomic E-state index is 0.319. The molecular formula is C14H20BrNO2. The van der Waals surface area contributed by atoms with Crippen LogP contribution in [0.25, 0.3) is 0 Å². The fraction of sp³-hybridized carbons (Fsp3) is 0.500. The predicted octanol–water partition coefficient (Wildman–Crippen LogP) is 3.72. The molecule has 1 rings (SSSR count). The van der Waals surface area contributed by atoms with Crippen molar-refractivity contribution in [2.24, 2.45) is 0 Å². The molecule has 0 heterocycles. The van der Waals surface area contributed by atoms with Gasteiger partial charge in [0, 0.05) is 10.2 Å². The molecule has 0 saturated heterocycles. The molecule has 1 atom stereocenters. The van der Waals surface area contributed by atoms with E-state index in [0.717, 1.165) is 17.3 Å². The van der Waals surface area contributed by atoms with Crippen LogP contribution in [-0.4, -0.2) is 16.6 Å². The predicted molar refractivity (Wildman–Crippen MR) is 77.5 cm³/mol. The first-order valence-electron chi connectivity index (χ1n) is 6.31. The molecule has 0 aliphatic carbocycles. The van der Waals surface area contributed by atoms with Crippen molar-refractivity contribution in [3.63, 3.8) is 0 Å². The number of hydrogen-bond donors (Lipinski definition) is 2. The van der Waals surface area contributed by atoms with Gasteiger partial charge in [-0.2, -0.15) is 0 Å². The molecule has 3 nitrogen and oxygen atoms in total. The highest BCUT2D eigenvalue weighted by Crippen LogP contribution is 2.22. The third-order valence-corrected chi connectivity index (χ3v) is 3.58. The number of hydrogen-bond acceptors (Lipinski definition) is 2. The molecule has 0 saturated carbocycles. The van der Waals surface area contributed by atoms with E-state index in [1.54, 1.807) is 12.1 Å². The summed E-state index contributed by atoms with van der Waals surface area (Å²) in [5.41, 5.74) is -0.560. The van der Waals surface area contributed by atoms with Crippen LogP contribution in [0, 0.1) is 0 Å². The van der Waals surface area contributed by atoms with E-state index >= 15 is 0 Å². The Morgan fingerprint density at radius 3 is 2.44 bits per heavy atom. The van der Waals surface area contributed by atoms with Crippen LogP contribution in [0.1, 0.15) is 39.5 Å². The zero-order valence-electron chi connectivity index (χ0n) is 10.9. The number of aliphatic hydroxyl groups is 1. The molecular weight excluding hydrogens is 294 g/mol. The van der Waals surface area contributed by atoms with Gasteiger partial charge in [-0.3, -0.25) is 4.79 Å². The molecule has 0 bridgehead atoms. The average molecular weight is 314 g/mol. The van der Waals surface area contributed by atoms with Crippen molar-refractivity contribution in [2.45, 2.75) is 45.1 Å². The van der Waals surface area contributed by atoms with E-state index in [9.17, 15) is 9.90 Å². The molecule has 0 spiro atoms. The maximum Gasteiger partial charge on any atom is 0.256 e. The molecule has 0 aromatic heterocycles. The quantitative estimate of drug-likeness (QED) is 0.841. The lowest BCUT2D eigenvalue weighted by atomic mass is 9.93. The minimum Gasteiger partial charge on any atom is -0.380 e. The molecule has 2 N–H and O–H groups in total. The van der Waals surface area contributed by atoms with Crippen molar-refractivity contribution in [1.82, 2.24) is 0 Å². The van der Waals surface area contributed by atoms with E-state index < -0.39 is 5.60 Å². The highest BCUT2D eigenvalue weighted by Gasteiger charge is 2.33. The molecule has 1 amide bonds. The van der Waals surface area contributed by atoms with Crippen LogP contribution in [0.4, 0.5) is 5.69 Å². The van der Waals surface area contributed by atoms with Gasteiger partial charge >= 0.3 is 0 Å². The van der Waals surface area contributed by atoms with Crippen molar-refractivity contribution in [3.8, 4) is 0 Å². The maximum atomic E-state index is 12.1. The molecule has 0 unspecified atom stereocenters. The van der Waals surface area contributed by atoms with Gasteiger partial charge in [0.15, 0.2) is 0 Å². The number of amides is 1. The Kier molecular flexibility index (Phi) is 5.82. The molecule has 4 heteroatoms. The maximum absolute atomic E-state index is 12.1. The van der Waals surface area contributed by atoms with Gasteiger partial charge in [-0.1, -0.05) is 42.6 Å². The third-order valence-electron chi connectivity index (χ3n) is 3.05. The number of unbranched alkanes of at least 4 members (excludes halogenated alkanes) is 1. The van der Waals surface area contributed by atoms with Gasteiger partial charge in [0.2, 0.25) is 0 Å². The highest BCUT2D eigenvalue weighted by molar-refractivity contribution is 9.10. The molecule has 0 fully saturated rings. The monoisotopic (exact) mass is 313 g/mol. The van der Waals surface area contributed by atoms with E-state index in [4.69, 9.17) is 0 Å². The zero-order chi connectivity index (χ0) is 13.6. The average Bonchev–Trinajstić information content (AvgIpc) is 2.38. The van der Waals surface area contributed by atoms with Crippen LogP contribution in [-0.2, 0) is 4.79 Å². The van der Waals surface area contributed by atoms with Gasteiger partial charge < -0.3 is 10.4 Å². The van der Waals surface area contributed by atoms with Crippen molar-refractivity contribution in [1.29, 1.82) is 0 Å². The van der Waals surface area contributed by atoms with E-state index in [1.165, 1.54) is 0 Å². The fourth-order valence-electron chi connectivity index (χ4n) is 1.70. The normalized spacial score (nSPS) is 14.0. The van der Waals surface area contributed by atoms with Crippen LogP contribution in [0.2, 0.25) is 0 Å². The second-order valence-electron chi connectivity index (χ2n) is 4.45. The van der Waals surface area contributed by atoms with Gasteiger partial charge in [0.25, 0.3) is 5.91 Å². The Balaban J connectivity index is 2.70. The van der Waals surface area contributed by atoms with Crippen LogP contribution >= 0.6 is 15.9 Å². The standard InChI is InChI=1S/C14H20BrNO2/c1-3-5-10-14(18,4-2)13(17)16-12-8-6-11(15)7-9-12/h6-9,18H,3-5,10H2,1-2H3,(H,16,17)/t14-/m0/s1. The van der Waals surface area contributed by atoms with Crippen molar-refractivity contribution < 1.29 is 9.90 Å². The molecule has 1 aromatic carbocycles. The van der Waals surface area contributed by atoms with E-state index in [0.29, 0.717) is 18.5 Å². The fourth-order valence-corrected chi connectivity index (χ4v) is 1.97. The summed E-state index contributed by atoms with van der Waals surface area (Å²) in [5.74, 6) is -0.319. The topological polar surface area (TPSA) is 49.3 Å². The number of carbonyl (C=O) groups is 1. The third kappa shape index (κ3) is 4.10. The Labute approximate surface area is 117 Å². The molecule has 0 aliphatic rings. The van der Waals surface area contributed by atoms with Gasteiger partial charge in [0.05, 0.1) is 0 Å². The molecule has 1 aromatic rings. The van der Waals surface area contributed by atoms with Crippen molar-refractivity contribution in [3.05, 3.63) is 28.7 Å². The number of halogens is 1. The molecule has 18 heavy (non-hydrogen) atoms. The highest BCUT2D eigenvalue weighted by atomic mass is 79.9. The number of benzene rings is 1. The summed E-state index contributed by atoms with van der Waals surface area (Å²) < 4.78 is 0.956. The molecule has 0 radical (unpaired) electrons. The Hall–Kier alpha value is -0.870. The lowest BCUT2D eigenvalue weighted by Crippen LogP contribution is -2.42. The molecule has 100 valence electrons. The Morgan fingerprint density at radius 1 is 1.33 bits per heavy atom. The second-order valence-corrected chi connectivity index (χ2v) is 5.37. The van der Waals surface area contributed by atoms with E-state index in [1.807, 2.05) is 26.0 Å². The first-order chi connectivity index (χ1) is 8.51. The van der Waals surface area contributed by atoms with Crippen molar-refractivity contribution in [2.75, 3.05) is 5.32 Å². The first kappa shape index (κ1) is 15.2. The Bertz CT molecular complexity index is 391. The summed E-state index contributed by atoms with van der Waals surface area (Å²) >= 11 is 3.34. The van der Waals surface area contributed by atoms with Gasteiger partial charge in [0.1, 0.15) is 5.60 Å². The summed E-state index contributed by atoms with van der Waals surface area (Å²) in [6, 6.07) is 7.31. The summed E-state index contributed by atoms with van der Waals surface area (Å²) in [6.45, 7) is 3.87. The van der Waals surface area contributed by atoms with Crippen LogP contribution in [0.3, 0.4) is 0 Å². The van der Waals surface area contributed by atoms with Gasteiger partial charge in [-0.05, 0) is 37.1 Å². The molecule has 0 aliphatic heterocycles.